The minimum Gasteiger partial charge on any atom is -0.0843 e. The van der Waals surface area contributed by atoms with Crippen LogP contribution in [0.25, 0.3) is 11.1 Å². The van der Waals surface area contributed by atoms with Gasteiger partial charge in [-0.1, -0.05) is 61.8 Å². The summed E-state index contributed by atoms with van der Waals surface area (Å²) >= 11 is 5.93. The summed E-state index contributed by atoms with van der Waals surface area (Å²) in [7, 11) is 0. The van der Waals surface area contributed by atoms with Crippen LogP contribution in [0.2, 0.25) is 5.02 Å². The predicted molar refractivity (Wildman–Crippen MR) is 75.6 cm³/mol. The fraction of sp³-hybridized carbons (Fsp3) is 0.250. The summed E-state index contributed by atoms with van der Waals surface area (Å²) in [5, 5.41) is 0.787. The van der Waals surface area contributed by atoms with Gasteiger partial charge >= 0.3 is 0 Å². The average Bonchev–Trinajstić information content (AvgIpc) is 2.39. The fourth-order valence-corrected chi connectivity index (χ4v) is 2.16. The van der Waals surface area contributed by atoms with Crippen LogP contribution in [0.3, 0.4) is 0 Å². The van der Waals surface area contributed by atoms with Gasteiger partial charge in [-0.2, -0.15) is 0 Å². The van der Waals surface area contributed by atoms with Crippen molar-refractivity contribution in [2.24, 2.45) is 0 Å². The Bertz CT molecular complexity index is 485. The molecule has 2 aromatic carbocycles. The molecular formula is C16H17Cl. The van der Waals surface area contributed by atoms with Crippen molar-refractivity contribution in [3.05, 3.63) is 59.1 Å². The van der Waals surface area contributed by atoms with E-state index in [1.807, 2.05) is 12.1 Å². The number of hydrogen-bond donors (Lipinski definition) is 0. The maximum absolute atomic E-state index is 5.93. The minimum atomic E-state index is 0.585. The van der Waals surface area contributed by atoms with Gasteiger partial charge in [0.15, 0.2) is 0 Å². The van der Waals surface area contributed by atoms with Gasteiger partial charge in [-0.15, -0.1) is 0 Å². The molecule has 1 atom stereocenters. The van der Waals surface area contributed by atoms with E-state index in [4.69, 9.17) is 11.6 Å². The average molecular weight is 245 g/mol. The third-order valence-electron chi connectivity index (χ3n) is 3.26. The standard InChI is InChI=1S/C16H17Cl/c1-3-12(2)15-6-4-5-7-16(15)13-8-10-14(17)11-9-13/h4-12H,3H2,1-2H3. The predicted octanol–water partition coefficient (Wildman–Crippen LogP) is 5.52. The first-order valence-corrected chi connectivity index (χ1v) is 6.45. The third kappa shape index (κ3) is 2.70. The highest BCUT2D eigenvalue weighted by molar-refractivity contribution is 6.30. The summed E-state index contributed by atoms with van der Waals surface area (Å²) in [6, 6.07) is 16.7. The molecule has 0 spiro atoms. The Morgan fingerprint density at radius 2 is 1.65 bits per heavy atom. The van der Waals surface area contributed by atoms with E-state index < -0.39 is 0 Å². The number of hydrogen-bond acceptors (Lipinski definition) is 0. The van der Waals surface area contributed by atoms with Crippen LogP contribution in [-0.2, 0) is 0 Å². The van der Waals surface area contributed by atoms with Crippen LogP contribution in [0, 0.1) is 0 Å². The molecule has 0 radical (unpaired) electrons. The maximum Gasteiger partial charge on any atom is 0.0406 e. The Balaban J connectivity index is 2.48. The maximum atomic E-state index is 5.93. The van der Waals surface area contributed by atoms with E-state index in [2.05, 4.69) is 50.2 Å². The third-order valence-corrected chi connectivity index (χ3v) is 3.51. The molecule has 0 heterocycles. The lowest BCUT2D eigenvalue weighted by atomic mass is 9.90. The van der Waals surface area contributed by atoms with E-state index in [-0.39, 0.29) is 0 Å². The molecule has 0 aliphatic rings. The van der Waals surface area contributed by atoms with Gasteiger partial charge in [-0.3, -0.25) is 0 Å². The molecule has 2 aromatic rings. The highest BCUT2D eigenvalue weighted by Gasteiger charge is 2.09. The summed E-state index contributed by atoms with van der Waals surface area (Å²) in [4.78, 5) is 0. The lowest BCUT2D eigenvalue weighted by molar-refractivity contribution is 0.735. The van der Waals surface area contributed by atoms with Crippen molar-refractivity contribution < 1.29 is 0 Å². The summed E-state index contributed by atoms with van der Waals surface area (Å²) in [6.45, 7) is 4.50. The second-order valence-electron chi connectivity index (χ2n) is 4.40. The van der Waals surface area contributed by atoms with Gasteiger partial charge in [-0.25, -0.2) is 0 Å². The van der Waals surface area contributed by atoms with Crippen LogP contribution >= 0.6 is 11.6 Å². The van der Waals surface area contributed by atoms with Crippen molar-refractivity contribution >= 4 is 11.6 Å². The fourth-order valence-electron chi connectivity index (χ4n) is 2.04. The zero-order valence-corrected chi connectivity index (χ0v) is 11.0. The molecule has 0 nitrogen and oxygen atoms in total. The van der Waals surface area contributed by atoms with Gasteiger partial charge in [0.1, 0.15) is 0 Å². The Hall–Kier alpha value is -1.27. The van der Waals surface area contributed by atoms with Crippen LogP contribution in [-0.4, -0.2) is 0 Å². The van der Waals surface area contributed by atoms with Crippen molar-refractivity contribution in [3.63, 3.8) is 0 Å². The van der Waals surface area contributed by atoms with Crippen molar-refractivity contribution in [1.29, 1.82) is 0 Å². The normalized spacial score (nSPS) is 12.4. The molecule has 2 rings (SSSR count). The molecule has 1 unspecified atom stereocenters. The molecule has 0 aliphatic carbocycles. The molecule has 1 heteroatoms. The van der Waals surface area contributed by atoms with E-state index in [0.717, 1.165) is 11.4 Å². The second kappa shape index (κ2) is 5.37. The van der Waals surface area contributed by atoms with Crippen LogP contribution < -0.4 is 0 Å². The minimum absolute atomic E-state index is 0.585. The van der Waals surface area contributed by atoms with E-state index in [1.165, 1.54) is 16.7 Å². The first-order valence-electron chi connectivity index (χ1n) is 6.07. The van der Waals surface area contributed by atoms with E-state index >= 15 is 0 Å². The van der Waals surface area contributed by atoms with Gasteiger partial charge in [0.2, 0.25) is 0 Å². The Morgan fingerprint density at radius 3 is 2.29 bits per heavy atom. The Morgan fingerprint density at radius 1 is 1.00 bits per heavy atom. The van der Waals surface area contributed by atoms with Crippen LogP contribution in [0.15, 0.2) is 48.5 Å². The molecule has 0 saturated carbocycles. The molecule has 88 valence electrons. The monoisotopic (exact) mass is 244 g/mol. The van der Waals surface area contributed by atoms with Crippen molar-refractivity contribution in [2.45, 2.75) is 26.2 Å². The smallest absolute Gasteiger partial charge is 0.0406 e. The van der Waals surface area contributed by atoms with Gasteiger partial charge in [0, 0.05) is 5.02 Å². The SMILES string of the molecule is CCC(C)c1ccccc1-c1ccc(Cl)cc1. The first-order chi connectivity index (χ1) is 8.22. The zero-order valence-electron chi connectivity index (χ0n) is 10.3. The molecule has 0 fully saturated rings. The van der Waals surface area contributed by atoms with Crippen LogP contribution in [0.4, 0.5) is 0 Å². The molecular weight excluding hydrogens is 228 g/mol. The Kier molecular flexibility index (Phi) is 3.86. The summed E-state index contributed by atoms with van der Waals surface area (Å²) in [6.07, 6.45) is 1.16. The van der Waals surface area contributed by atoms with E-state index in [1.54, 1.807) is 0 Å². The quantitative estimate of drug-likeness (QED) is 0.667. The first kappa shape index (κ1) is 12.2. The Labute approximate surface area is 108 Å². The molecule has 17 heavy (non-hydrogen) atoms. The van der Waals surface area contributed by atoms with E-state index in [0.29, 0.717) is 5.92 Å². The topological polar surface area (TPSA) is 0 Å². The molecule has 0 N–H and O–H groups in total. The molecule has 0 aliphatic heterocycles. The van der Waals surface area contributed by atoms with Gasteiger partial charge in [0.25, 0.3) is 0 Å². The number of halogens is 1. The van der Waals surface area contributed by atoms with Crippen LogP contribution in [0.1, 0.15) is 31.7 Å². The highest BCUT2D eigenvalue weighted by atomic mass is 35.5. The lowest BCUT2D eigenvalue weighted by Gasteiger charge is -2.15. The summed E-state index contributed by atoms with van der Waals surface area (Å²) < 4.78 is 0. The van der Waals surface area contributed by atoms with Crippen molar-refractivity contribution in [3.8, 4) is 11.1 Å². The number of rotatable bonds is 3. The number of benzene rings is 2. The van der Waals surface area contributed by atoms with Gasteiger partial charge in [0.05, 0.1) is 0 Å². The van der Waals surface area contributed by atoms with Gasteiger partial charge in [-0.05, 0) is 41.2 Å². The lowest BCUT2D eigenvalue weighted by Crippen LogP contribution is -1.94. The zero-order chi connectivity index (χ0) is 12.3. The van der Waals surface area contributed by atoms with Crippen molar-refractivity contribution in [1.82, 2.24) is 0 Å². The molecule has 0 aromatic heterocycles. The molecule has 0 saturated heterocycles. The molecule has 0 bridgehead atoms. The largest absolute Gasteiger partial charge is 0.0843 e. The molecule has 0 amide bonds. The van der Waals surface area contributed by atoms with Gasteiger partial charge < -0.3 is 0 Å². The summed E-state index contributed by atoms with van der Waals surface area (Å²) in [5.74, 6) is 0.585. The summed E-state index contributed by atoms with van der Waals surface area (Å²) in [5.41, 5.74) is 3.97. The van der Waals surface area contributed by atoms with Crippen molar-refractivity contribution in [2.75, 3.05) is 0 Å². The highest BCUT2D eigenvalue weighted by Crippen LogP contribution is 2.31. The van der Waals surface area contributed by atoms with E-state index in [9.17, 15) is 0 Å². The van der Waals surface area contributed by atoms with Crippen LogP contribution in [0.5, 0.6) is 0 Å². The second-order valence-corrected chi connectivity index (χ2v) is 4.84.